The van der Waals surface area contributed by atoms with Crippen LogP contribution in [-0.2, 0) is 4.74 Å². The van der Waals surface area contributed by atoms with Gasteiger partial charge in [-0.3, -0.25) is 0 Å². The first-order chi connectivity index (χ1) is 11.4. The van der Waals surface area contributed by atoms with Crippen LogP contribution >= 0.6 is 0 Å². The van der Waals surface area contributed by atoms with Crippen molar-refractivity contribution >= 4 is 0 Å². The molecule has 1 aliphatic heterocycles. The molecule has 1 saturated heterocycles. The molecule has 3 rings (SSSR count). The molecule has 0 amide bonds. The van der Waals surface area contributed by atoms with Gasteiger partial charge in [0.15, 0.2) is 0 Å². The lowest BCUT2D eigenvalue weighted by atomic mass is 9.75. The van der Waals surface area contributed by atoms with Crippen molar-refractivity contribution in [1.82, 2.24) is 0 Å². The quantitative estimate of drug-likeness (QED) is 0.734. The Morgan fingerprint density at radius 2 is 1.04 bits per heavy atom. The molecule has 128 valence electrons. The van der Waals surface area contributed by atoms with E-state index >= 15 is 0 Å². The molecule has 1 aliphatic rings. The number of hydrogen-bond donors (Lipinski definition) is 0. The molecule has 2 aromatic carbocycles. The van der Waals surface area contributed by atoms with Crippen LogP contribution in [0.25, 0.3) is 0 Å². The summed E-state index contributed by atoms with van der Waals surface area (Å²) in [6.45, 7) is 4.70. The SMILES string of the molecule is C[C@@H]1C([N+](C)(C)C)[C@H](C)[C@@H](c2ccccc2)O[C@H]1c1ccccc1. The molecule has 0 aromatic heterocycles. The zero-order valence-electron chi connectivity index (χ0n) is 15.5. The summed E-state index contributed by atoms with van der Waals surface area (Å²) < 4.78 is 7.66. The first-order valence-electron chi connectivity index (χ1n) is 8.96. The summed E-state index contributed by atoms with van der Waals surface area (Å²) >= 11 is 0. The Balaban J connectivity index is 2.02. The van der Waals surface area contributed by atoms with Crippen molar-refractivity contribution in [3.05, 3.63) is 71.8 Å². The molecule has 1 fully saturated rings. The highest BCUT2D eigenvalue weighted by Gasteiger charge is 2.48. The number of nitrogens with zero attached hydrogens (tertiary/aromatic N) is 1. The van der Waals surface area contributed by atoms with E-state index in [2.05, 4.69) is 95.7 Å². The minimum atomic E-state index is 0.134. The van der Waals surface area contributed by atoms with Crippen LogP contribution in [0.2, 0.25) is 0 Å². The monoisotopic (exact) mass is 324 g/mol. The lowest BCUT2D eigenvalue weighted by Crippen LogP contribution is -2.57. The predicted octanol–water partition coefficient (Wildman–Crippen LogP) is 4.85. The van der Waals surface area contributed by atoms with Crippen LogP contribution in [0.3, 0.4) is 0 Å². The van der Waals surface area contributed by atoms with Gasteiger partial charge in [-0.25, -0.2) is 0 Å². The smallest absolute Gasteiger partial charge is 0.0992 e. The molecule has 0 aliphatic carbocycles. The Labute approximate surface area is 146 Å². The van der Waals surface area contributed by atoms with E-state index in [1.165, 1.54) is 11.1 Å². The van der Waals surface area contributed by atoms with Crippen LogP contribution < -0.4 is 0 Å². The van der Waals surface area contributed by atoms with Gasteiger partial charge in [0.25, 0.3) is 0 Å². The highest BCUT2D eigenvalue weighted by Crippen LogP contribution is 2.47. The number of hydrogen-bond acceptors (Lipinski definition) is 1. The first-order valence-corrected chi connectivity index (χ1v) is 8.96. The third kappa shape index (κ3) is 3.26. The molecule has 1 unspecified atom stereocenters. The second-order valence-corrected chi connectivity index (χ2v) is 8.12. The van der Waals surface area contributed by atoms with Gasteiger partial charge in [0, 0.05) is 11.8 Å². The summed E-state index contributed by atoms with van der Waals surface area (Å²) in [7, 11) is 6.94. The van der Waals surface area contributed by atoms with Crippen LogP contribution in [0.15, 0.2) is 60.7 Å². The summed E-state index contributed by atoms with van der Waals surface area (Å²) in [5.41, 5.74) is 2.58. The summed E-state index contributed by atoms with van der Waals surface area (Å²) in [6, 6.07) is 21.9. The lowest BCUT2D eigenvalue weighted by molar-refractivity contribution is -0.907. The van der Waals surface area contributed by atoms with Crippen LogP contribution in [0.1, 0.15) is 37.2 Å². The molecule has 0 radical (unpaired) electrons. The van der Waals surface area contributed by atoms with Crippen molar-refractivity contribution in [3.8, 4) is 0 Å². The minimum absolute atomic E-state index is 0.134. The van der Waals surface area contributed by atoms with Gasteiger partial charge in [-0.2, -0.15) is 0 Å². The zero-order chi connectivity index (χ0) is 17.3. The Kier molecular flexibility index (Phi) is 4.80. The standard InChI is InChI=1S/C22H30NO/c1-16-20(23(3,4)5)17(2)22(19-14-10-7-11-15-19)24-21(16)18-12-8-6-9-13-18/h6-17,20-22H,1-5H3/q+1/t16-,17+,20?,21-,22+. The van der Waals surface area contributed by atoms with E-state index in [1.807, 2.05) is 0 Å². The normalized spacial score (nSPS) is 31.0. The minimum Gasteiger partial charge on any atom is -0.365 e. The summed E-state index contributed by atoms with van der Waals surface area (Å²) in [6.07, 6.45) is 0.268. The van der Waals surface area contributed by atoms with Gasteiger partial charge in [-0.15, -0.1) is 0 Å². The van der Waals surface area contributed by atoms with E-state index in [1.54, 1.807) is 0 Å². The molecule has 0 N–H and O–H groups in total. The number of benzene rings is 2. The number of ether oxygens (including phenoxy) is 1. The molecule has 2 heteroatoms. The lowest BCUT2D eigenvalue weighted by Gasteiger charge is -2.50. The van der Waals surface area contributed by atoms with Crippen LogP contribution in [0, 0.1) is 11.8 Å². The Bertz CT molecular complexity index is 595. The maximum absolute atomic E-state index is 6.70. The van der Waals surface area contributed by atoms with E-state index in [9.17, 15) is 0 Å². The van der Waals surface area contributed by atoms with Gasteiger partial charge < -0.3 is 9.22 Å². The topological polar surface area (TPSA) is 9.23 Å². The fourth-order valence-electron chi connectivity index (χ4n) is 4.70. The molecule has 5 atom stereocenters. The van der Waals surface area contributed by atoms with E-state index in [4.69, 9.17) is 4.74 Å². The molecule has 2 aromatic rings. The molecule has 0 saturated carbocycles. The van der Waals surface area contributed by atoms with Crippen molar-refractivity contribution in [3.63, 3.8) is 0 Å². The fraction of sp³-hybridized carbons (Fsp3) is 0.455. The van der Waals surface area contributed by atoms with E-state index in [0.717, 1.165) is 4.48 Å². The van der Waals surface area contributed by atoms with E-state index in [-0.39, 0.29) is 12.2 Å². The van der Waals surface area contributed by atoms with Crippen molar-refractivity contribution in [2.75, 3.05) is 21.1 Å². The average Bonchev–Trinajstić information content (AvgIpc) is 2.55. The van der Waals surface area contributed by atoms with Gasteiger partial charge in [-0.05, 0) is 11.1 Å². The summed E-state index contributed by atoms with van der Waals surface area (Å²) in [5, 5.41) is 0. The van der Waals surface area contributed by atoms with E-state index < -0.39 is 0 Å². The Morgan fingerprint density at radius 1 is 0.667 bits per heavy atom. The van der Waals surface area contributed by atoms with Crippen molar-refractivity contribution in [2.24, 2.45) is 11.8 Å². The van der Waals surface area contributed by atoms with Gasteiger partial charge in [0.05, 0.1) is 39.4 Å². The average molecular weight is 324 g/mol. The molecular weight excluding hydrogens is 294 g/mol. The van der Waals surface area contributed by atoms with Gasteiger partial charge in [-0.1, -0.05) is 74.5 Å². The predicted molar refractivity (Wildman–Crippen MR) is 99.6 cm³/mol. The highest BCUT2D eigenvalue weighted by molar-refractivity contribution is 5.23. The summed E-state index contributed by atoms with van der Waals surface area (Å²) in [4.78, 5) is 0. The Morgan fingerprint density at radius 3 is 1.38 bits per heavy atom. The van der Waals surface area contributed by atoms with Crippen LogP contribution in [-0.4, -0.2) is 31.7 Å². The van der Waals surface area contributed by atoms with E-state index in [0.29, 0.717) is 17.9 Å². The molecule has 0 spiro atoms. The maximum atomic E-state index is 6.70. The zero-order valence-corrected chi connectivity index (χ0v) is 15.5. The third-order valence-corrected chi connectivity index (χ3v) is 5.48. The summed E-state index contributed by atoms with van der Waals surface area (Å²) in [5.74, 6) is 0.921. The first kappa shape index (κ1) is 17.2. The van der Waals surface area contributed by atoms with Gasteiger partial charge in [0.1, 0.15) is 0 Å². The van der Waals surface area contributed by atoms with Crippen molar-refractivity contribution in [2.45, 2.75) is 32.1 Å². The van der Waals surface area contributed by atoms with Gasteiger partial charge >= 0.3 is 0 Å². The second kappa shape index (κ2) is 6.70. The van der Waals surface area contributed by atoms with Crippen molar-refractivity contribution < 1.29 is 9.22 Å². The molecule has 24 heavy (non-hydrogen) atoms. The van der Waals surface area contributed by atoms with Crippen LogP contribution in [0.5, 0.6) is 0 Å². The maximum Gasteiger partial charge on any atom is 0.0992 e. The number of quaternary nitrogens is 1. The second-order valence-electron chi connectivity index (χ2n) is 8.12. The third-order valence-electron chi connectivity index (χ3n) is 5.48. The van der Waals surface area contributed by atoms with Crippen LogP contribution in [0.4, 0.5) is 0 Å². The number of rotatable bonds is 3. The van der Waals surface area contributed by atoms with Gasteiger partial charge in [0.2, 0.25) is 0 Å². The molecular formula is C22H30NO+. The largest absolute Gasteiger partial charge is 0.365 e. The van der Waals surface area contributed by atoms with Crippen molar-refractivity contribution in [1.29, 1.82) is 0 Å². The molecule has 2 nitrogen and oxygen atoms in total. The molecule has 1 heterocycles. The highest BCUT2D eigenvalue weighted by atomic mass is 16.5. The molecule has 0 bridgehead atoms. The Hall–Kier alpha value is -1.64. The fourth-order valence-corrected chi connectivity index (χ4v) is 4.70.